The molecule has 0 N–H and O–H groups in total. The highest BCUT2D eigenvalue weighted by molar-refractivity contribution is 7.99. The Kier molecular flexibility index (Phi) is 5.83. The van der Waals surface area contributed by atoms with Crippen molar-refractivity contribution in [3.05, 3.63) is 54.7 Å². The molecule has 2 rings (SSSR count). The number of anilines is 1. The number of aromatic nitrogens is 1. The van der Waals surface area contributed by atoms with Crippen LogP contribution in [0.25, 0.3) is 0 Å². The lowest BCUT2D eigenvalue weighted by Gasteiger charge is -2.19. The van der Waals surface area contributed by atoms with E-state index in [9.17, 15) is 4.79 Å². The number of pyridine rings is 1. The van der Waals surface area contributed by atoms with E-state index in [2.05, 4.69) is 11.6 Å². The zero-order chi connectivity index (χ0) is 14.2. The molecule has 0 atom stereocenters. The molecule has 0 spiro atoms. The lowest BCUT2D eigenvalue weighted by atomic mass is 10.4. The quantitative estimate of drug-likeness (QED) is 0.442. The molecule has 0 saturated carbocycles. The summed E-state index contributed by atoms with van der Waals surface area (Å²) in [6, 6.07) is 7.91. The number of hydrogen-bond acceptors (Lipinski definition) is 4. The van der Waals surface area contributed by atoms with Crippen LogP contribution in [0.4, 0.5) is 5.00 Å². The normalized spacial score (nSPS) is 10.2. The Bertz CT molecular complexity index is 540. The summed E-state index contributed by atoms with van der Waals surface area (Å²) >= 11 is 3.35. The average molecular weight is 304 g/mol. The van der Waals surface area contributed by atoms with Gasteiger partial charge in [0.05, 0.1) is 5.00 Å². The van der Waals surface area contributed by atoms with E-state index in [1.54, 1.807) is 40.4 Å². The molecular formula is C15H16N2OS2. The smallest absolute Gasteiger partial charge is 0.250 e. The van der Waals surface area contributed by atoms with Crippen LogP contribution < -0.4 is 4.90 Å². The number of rotatable bonds is 7. The average Bonchev–Trinajstić information content (AvgIpc) is 3.01. The minimum Gasteiger partial charge on any atom is -0.300 e. The lowest BCUT2D eigenvalue weighted by Crippen LogP contribution is -2.29. The third-order valence-electron chi connectivity index (χ3n) is 2.66. The molecule has 1 amide bonds. The summed E-state index contributed by atoms with van der Waals surface area (Å²) in [5.74, 6) is 0.928. The Labute approximate surface area is 127 Å². The molecule has 0 aliphatic rings. The van der Waals surface area contributed by atoms with Crippen molar-refractivity contribution in [2.75, 3.05) is 17.2 Å². The number of nitrogens with zero attached hydrogens (tertiary/aromatic N) is 2. The number of carbonyl (C=O) groups is 1. The SMILES string of the molecule is C=CC(=O)N(CCCSc1ccncc1)c1cccs1. The van der Waals surface area contributed by atoms with E-state index >= 15 is 0 Å². The Balaban J connectivity index is 1.84. The number of thioether (sulfide) groups is 1. The van der Waals surface area contributed by atoms with Gasteiger partial charge in [-0.25, -0.2) is 0 Å². The standard InChI is InChI=1S/C15H16N2OS2/c1-2-14(18)17(15-5-3-11-20-15)10-4-12-19-13-6-8-16-9-7-13/h2-3,5-9,11H,1,4,10,12H2. The number of thiophene rings is 1. The molecule has 20 heavy (non-hydrogen) atoms. The summed E-state index contributed by atoms with van der Waals surface area (Å²) in [4.78, 5) is 18.9. The van der Waals surface area contributed by atoms with E-state index in [0.717, 1.165) is 17.2 Å². The summed E-state index contributed by atoms with van der Waals surface area (Å²) in [6.07, 6.45) is 5.89. The van der Waals surface area contributed by atoms with Crippen LogP contribution in [-0.4, -0.2) is 23.2 Å². The van der Waals surface area contributed by atoms with Crippen LogP contribution >= 0.6 is 23.1 Å². The molecule has 5 heteroatoms. The number of amides is 1. The monoisotopic (exact) mass is 304 g/mol. The molecule has 0 aliphatic carbocycles. The summed E-state index contributed by atoms with van der Waals surface area (Å²) in [7, 11) is 0. The first-order valence-electron chi connectivity index (χ1n) is 6.31. The van der Waals surface area contributed by atoms with Gasteiger partial charge in [0.15, 0.2) is 0 Å². The van der Waals surface area contributed by atoms with Crippen molar-refractivity contribution >= 4 is 34.0 Å². The molecule has 2 heterocycles. The van der Waals surface area contributed by atoms with Crippen LogP contribution in [0.1, 0.15) is 6.42 Å². The molecule has 0 radical (unpaired) electrons. The Morgan fingerprint density at radius 2 is 2.20 bits per heavy atom. The molecule has 0 bridgehead atoms. The van der Waals surface area contributed by atoms with Crippen molar-refractivity contribution < 1.29 is 4.79 Å². The van der Waals surface area contributed by atoms with Gasteiger partial charge in [-0.15, -0.1) is 23.1 Å². The van der Waals surface area contributed by atoms with Crippen LogP contribution in [0.3, 0.4) is 0 Å². The summed E-state index contributed by atoms with van der Waals surface area (Å²) < 4.78 is 0. The fourth-order valence-electron chi connectivity index (χ4n) is 1.71. The van der Waals surface area contributed by atoms with Crippen molar-refractivity contribution in [1.29, 1.82) is 0 Å². The van der Waals surface area contributed by atoms with Gasteiger partial charge in [0, 0.05) is 23.8 Å². The first-order chi connectivity index (χ1) is 9.81. The molecule has 2 aromatic rings. The molecule has 104 valence electrons. The first-order valence-corrected chi connectivity index (χ1v) is 8.18. The van der Waals surface area contributed by atoms with Gasteiger partial charge >= 0.3 is 0 Å². The third kappa shape index (κ3) is 4.21. The van der Waals surface area contributed by atoms with E-state index < -0.39 is 0 Å². The lowest BCUT2D eigenvalue weighted by molar-refractivity contribution is -0.114. The van der Waals surface area contributed by atoms with E-state index in [4.69, 9.17) is 0 Å². The maximum absolute atomic E-state index is 11.9. The molecule has 0 saturated heterocycles. The van der Waals surface area contributed by atoms with Crippen molar-refractivity contribution in [2.24, 2.45) is 0 Å². The Morgan fingerprint density at radius 1 is 1.40 bits per heavy atom. The van der Waals surface area contributed by atoms with E-state index in [0.29, 0.717) is 6.54 Å². The third-order valence-corrected chi connectivity index (χ3v) is 4.65. The van der Waals surface area contributed by atoms with E-state index in [1.807, 2.05) is 29.6 Å². The predicted octanol–water partition coefficient (Wildman–Crippen LogP) is 3.84. The Hall–Kier alpha value is -1.59. The van der Waals surface area contributed by atoms with Gasteiger partial charge in [-0.3, -0.25) is 9.78 Å². The highest BCUT2D eigenvalue weighted by Gasteiger charge is 2.12. The molecule has 2 aromatic heterocycles. The van der Waals surface area contributed by atoms with Crippen LogP contribution in [0, 0.1) is 0 Å². The van der Waals surface area contributed by atoms with Gasteiger partial charge in [-0.1, -0.05) is 6.58 Å². The van der Waals surface area contributed by atoms with Crippen LogP contribution in [0.15, 0.2) is 59.6 Å². The summed E-state index contributed by atoms with van der Waals surface area (Å²) in [6.45, 7) is 4.28. The van der Waals surface area contributed by atoms with E-state index in [1.165, 1.54) is 11.0 Å². The van der Waals surface area contributed by atoms with Crippen LogP contribution in [0.5, 0.6) is 0 Å². The van der Waals surface area contributed by atoms with Gasteiger partial charge in [0.1, 0.15) is 0 Å². The second-order valence-corrected chi connectivity index (χ2v) is 6.12. The maximum atomic E-state index is 11.9. The van der Waals surface area contributed by atoms with Gasteiger partial charge in [-0.05, 0) is 47.9 Å². The number of hydrogen-bond donors (Lipinski definition) is 0. The fourth-order valence-corrected chi connectivity index (χ4v) is 3.30. The second-order valence-electron chi connectivity index (χ2n) is 4.03. The molecule has 0 aromatic carbocycles. The molecule has 3 nitrogen and oxygen atoms in total. The van der Waals surface area contributed by atoms with Crippen molar-refractivity contribution in [3.63, 3.8) is 0 Å². The summed E-state index contributed by atoms with van der Waals surface area (Å²) in [5, 5.41) is 2.95. The van der Waals surface area contributed by atoms with Gasteiger partial charge < -0.3 is 4.90 Å². The largest absolute Gasteiger partial charge is 0.300 e. The van der Waals surface area contributed by atoms with Crippen LogP contribution in [0.2, 0.25) is 0 Å². The second kappa shape index (κ2) is 7.87. The fraction of sp³-hybridized carbons (Fsp3) is 0.200. The minimum atomic E-state index is -0.0404. The zero-order valence-corrected chi connectivity index (χ0v) is 12.7. The van der Waals surface area contributed by atoms with Crippen molar-refractivity contribution in [2.45, 2.75) is 11.3 Å². The predicted molar refractivity (Wildman–Crippen MR) is 86.4 cm³/mol. The topological polar surface area (TPSA) is 33.2 Å². The maximum Gasteiger partial charge on any atom is 0.250 e. The molecule has 0 unspecified atom stereocenters. The molecular weight excluding hydrogens is 288 g/mol. The van der Waals surface area contributed by atoms with Crippen LogP contribution in [-0.2, 0) is 4.79 Å². The molecule has 0 fully saturated rings. The number of carbonyl (C=O) groups excluding carboxylic acids is 1. The van der Waals surface area contributed by atoms with Gasteiger partial charge in [-0.2, -0.15) is 0 Å². The minimum absolute atomic E-state index is 0.0404. The van der Waals surface area contributed by atoms with Crippen molar-refractivity contribution in [1.82, 2.24) is 4.98 Å². The highest BCUT2D eigenvalue weighted by atomic mass is 32.2. The molecule has 0 aliphatic heterocycles. The summed E-state index contributed by atoms with van der Waals surface area (Å²) in [5.41, 5.74) is 0. The zero-order valence-electron chi connectivity index (χ0n) is 11.1. The van der Waals surface area contributed by atoms with Gasteiger partial charge in [0.2, 0.25) is 0 Å². The Morgan fingerprint density at radius 3 is 2.85 bits per heavy atom. The van der Waals surface area contributed by atoms with Gasteiger partial charge in [0.25, 0.3) is 5.91 Å². The first kappa shape index (κ1) is 14.8. The highest BCUT2D eigenvalue weighted by Crippen LogP contribution is 2.23. The van der Waals surface area contributed by atoms with E-state index in [-0.39, 0.29) is 5.91 Å². The van der Waals surface area contributed by atoms with Crippen molar-refractivity contribution in [3.8, 4) is 0 Å².